The molecule has 0 spiro atoms. The molecule has 1 aromatic heterocycles. The van der Waals surface area contributed by atoms with E-state index in [2.05, 4.69) is 37.5 Å². The van der Waals surface area contributed by atoms with Crippen LogP contribution in [0.5, 0.6) is 0 Å². The van der Waals surface area contributed by atoms with Crippen LogP contribution in [0.3, 0.4) is 0 Å². The van der Waals surface area contributed by atoms with Crippen LogP contribution in [-0.2, 0) is 28.9 Å². The Morgan fingerprint density at radius 2 is 2.10 bits per heavy atom. The first-order valence-corrected chi connectivity index (χ1v) is 11.0. The first kappa shape index (κ1) is 25.8. The van der Waals surface area contributed by atoms with Crippen molar-refractivity contribution >= 4 is 35.8 Å². The molecular weight excluding hydrogens is 511 g/mol. The highest BCUT2D eigenvalue weighted by Crippen LogP contribution is 2.13. The number of fused-ring (bicyclic) bond motifs is 1. The second-order valence-corrected chi connectivity index (χ2v) is 8.05. The van der Waals surface area contributed by atoms with Crippen LogP contribution in [0.25, 0.3) is 0 Å². The maximum atomic E-state index is 12.0. The summed E-state index contributed by atoms with van der Waals surface area (Å²) in [6, 6.07) is 0.212. The molecule has 0 aromatic carbocycles. The van der Waals surface area contributed by atoms with Crippen LogP contribution < -0.4 is 10.6 Å². The van der Waals surface area contributed by atoms with E-state index in [1.165, 1.54) is 0 Å². The number of hydrogen-bond acceptors (Lipinski definition) is 6. The zero-order valence-electron chi connectivity index (χ0n) is 19.0. The van der Waals surface area contributed by atoms with Gasteiger partial charge in [0.05, 0.1) is 19.8 Å². The number of morpholine rings is 1. The fourth-order valence-corrected chi connectivity index (χ4v) is 3.60. The van der Waals surface area contributed by atoms with Crippen LogP contribution >= 0.6 is 24.0 Å². The number of nitrogens with one attached hydrogen (secondary N) is 2. The molecule has 2 aliphatic heterocycles. The topological polar surface area (TPSA) is 99.9 Å². The summed E-state index contributed by atoms with van der Waals surface area (Å²) in [5.74, 6) is 2.64. The third-order valence-corrected chi connectivity index (χ3v) is 5.48. The molecule has 1 amide bonds. The predicted molar refractivity (Wildman–Crippen MR) is 131 cm³/mol. The molecule has 0 bridgehead atoms. The number of amides is 1. The number of aromatic nitrogens is 3. The minimum absolute atomic E-state index is 0. The Morgan fingerprint density at radius 3 is 2.81 bits per heavy atom. The number of likely N-dealkylation sites (N-methyl/N-ethyl adjacent to an activating group) is 1. The van der Waals surface area contributed by atoms with Crippen LogP contribution in [-0.4, -0.2) is 103 Å². The summed E-state index contributed by atoms with van der Waals surface area (Å²) in [6.07, 6.45) is 3.73. The van der Waals surface area contributed by atoms with Crippen molar-refractivity contribution in [2.45, 2.75) is 45.2 Å². The SMILES string of the molecule is CCc1nc2n(n1)CC(NC(=NCC(=O)N(C)C)NCCCN1CCOCC1)CC2.I. The van der Waals surface area contributed by atoms with Crippen molar-refractivity contribution in [1.29, 1.82) is 0 Å². The number of aryl methyl sites for hydroxylation is 2. The maximum Gasteiger partial charge on any atom is 0.243 e. The number of rotatable bonds is 8. The second-order valence-electron chi connectivity index (χ2n) is 8.05. The molecule has 0 aliphatic carbocycles. The molecule has 176 valence electrons. The van der Waals surface area contributed by atoms with Gasteiger partial charge < -0.3 is 20.3 Å². The summed E-state index contributed by atoms with van der Waals surface area (Å²) in [5.41, 5.74) is 0. The van der Waals surface area contributed by atoms with E-state index in [0.717, 1.165) is 83.3 Å². The lowest BCUT2D eigenvalue weighted by atomic mass is 10.1. The van der Waals surface area contributed by atoms with Gasteiger partial charge in [-0.2, -0.15) is 5.10 Å². The number of carbonyl (C=O) groups excluding carboxylic acids is 1. The van der Waals surface area contributed by atoms with Crippen molar-refractivity contribution in [2.24, 2.45) is 4.99 Å². The summed E-state index contributed by atoms with van der Waals surface area (Å²) < 4.78 is 7.40. The molecular formula is C20H37IN8O2. The minimum Gasteiger partial charge on any atom is -0.379 e. The van der Waals surface area contributed by atoms with Crippen molar-refractivity contribution < 1.29 is 9.53 Å². The predicted octanol–water partition coefficient (Wildman–Crippen LogP) is 0.119. The van der Waals surface area contributed by atoms with Gasteiger partial charge in [0.2, 0.25) is 5.91 Å². The third kappa shape index (κ3) is 8.19. The number of aliphatic imine (C=N–C) groups is 1. The second kappa shape index (κ2) is 13.2. The first-order chi connectivity index (χ1) is 14.5. The van der Waals surface area contributed by atoms with Crippen molar-refractivity contribution in [3.8, 4) is 0 Å². The average molecular weight is 548 g/mol. The molecule has 0 saturated carbocycles. The van der Waals surface area contributed by atoms with Gasteiger partial charge in [0, 0.05) is 52.6 Å². The maximum absolute atomic E-state index is 12.0. The van der Waals surface area contributed by atoms with E-state index in [9.17, 15) is 4.79 Å². The Morgan fingerprint density at radius 1 is 1.32 bits per heavy atom. The zero-order chi connectivity index (χ0) is 21.3. The molecule has 31 heavy (non-hydrogen) atoms. The number of nitrogens with zero attached hydrogens (tertiary/aromatic N) is 6. The summed E-state index contributed by atoms with van der Waals surface area (Å²) in [5, 5.41) is 11.5. The van der Waals surface area contributed by atoms with Gasteiger partial charge in [-0.3, -0.25) is 9.69 Å². The Labute approximate surface area is 202 Å². The van der Waals surface area contributed by atoms with Crippen molar-refractivity contribution in [2.75, 3.05) is 60.0 Å². The molecule has 0 radical (unpaired) electrons. The quantitative estimate of drug-likeness (QED) is 0.206. The molecule has 1 saturated heterocycles. The molecule has 2 N–H and O–H groups in total. The van der Waals surface area contributed by atoms with Crippen molar-refractivity contribution in [3.63, 3.8) is 0 Å². The molecule has 1 aromatic rings. The standard InChI is InChI=1S/C20H36N8O2.HI/c1-4-17-24-18-7-6-16(15-28(18)25-17)23-20(22-14-19(29)26(2)3)21-8-5-9-27-10-12-30-13-11-27;/h16H,4-15H2,1-3H3,(H2,21,22,23);1H. The van der Waals surface area contributed by atoms with E-state index in [-0.39, 0.29) is 42.5 Å². The Kier molecular flexibility index (Phi) is 10.9. The number of halogens is 1. The minimum atomic E-state index is -0.0146. The van der Waals surface area contributed by atoms with Gasteiger partial charge >= 0.3 is 0 Å². The van der Waals surface area contributed by atoms with Gasteiger partial charge in [0.15, 0.2) is 11.8 Å². The molecule has 3 heterocycles. The van der Waals surface area contributed by atoms with E-state index in [4.69, 9.17) is 4.74 Å². The fourth-order valence-electron chi connectivity index (χ4n) is 3.60. The Balaban J connectivity index is 0.00000341. The largest absolute Gasteiger partial charge is 0.379 e. The lowest BCUT2D eigenvalue weighted by Gasteiger charge is -2.27. The molecule has 3 rings (SSSR count). The monoisotopic (exact) mass is 548 g/mol. The molecule has 2 aliphatic rings. The van der Waals surface area contributed by atoms with Gasteiger partial charge in [-0.05, 0) is 19.4 Å². The number of ether oxygens (including phenoxy) is 1. The summed E-state index contributed by atoms with van der Waals surface area (Å²) in [7, 11) is 3.50. The normalized spacial score (nSPS) is 19.3. The lowest BCUT2D eigenvalue weighted by Crippen LogP contribution is -2.48. The average Bonchev–Trinajstić information content (AvgIpc) is 3.17. The van der Waals surface area contributed by atoms with Crippen molar-refractivity contribution in [1.82, 2.24) is 35.2 Å². The van der Waals surface area contributed by atoms with Crippen LogP contribution in [0.15, 0.2) is 4.99 Å². The molecule has 1 fully saturated rings. The van der Waals surface area contributed by atoms with Gasteiger partial charge in [-0.25, -0.2) is 14.7 Å². The first-order valence-electron chi connectivity index (χ1n) is 11.0. The zero-order valence-corrected chi connectivity index (χ0v) is 21.3. The van der Waals surface area contributed by atoms with Gasteiger partial charge in [0.1, 0.15) is 12.4 Å². The molecule has 11 heteroatoms. The summed E-state index contributed by atoms with van der Waals surface area (Å²) in [6.45, 7) is 8.44. The smallest absolute Gasteiger partial charge is 0.243 e. The molecule has 10 nitrogen and oxygen atoms in total. The van der Waals surface area contributed by atoms with E-state index >= 15 is 0 Å². The summed E-state index contributed by atoms with van der Waals surface area (Å²) >= 11 is 0. The van der Waals surface area contributed by atoms with E-state index in [0.29, 0.717) is 5.96 Å². The number of hydrogen-bond donors (Lipinski definition) is 2. The van der Waals surface area contributed by atoms with Crippen molar-refractivity contribution in [3.05, 3.63) is 11.6 Å². The lowest BCUT2D eigenvalue weighted by molar-refractivity contribution is -0.127. The highest BCUT2D eigenvalue weighted by atomic mass is 127. The van der Waals surface area contributed by atoms with Crippen LogP contribution in [0.4, 0.5) is 0 Å². The summed E-state index contributed by atoms with van der Waals surface area (Å²) in [4.78, 5) is 25.1. The third-order valence-electron chi connectivity index (χ3n) is 5.48. The van der Waals surface area contributed by atoms with E-state index in [1.807, 2.05) is 4.68 Å². The molecule has 1 unspecified atom stereocenters. The highest BCUT2D eigenvalue weighted by Gasteiger charge is 2.22. The Hall–Kier alpha value is -1.47. The van der Waals surface area contributed by atoms with Crippen LogP contribution in [0.1, 0.15) is 31.4 Å². The van der Waals surface area contributed by atoms with E-state index in [1.54, 1.807) is 19.0 Å². The molecule has 1 atom stereocenters. The van der Waals surface area contributed by atoms with Gasteiger partial charge in [-0.1, -0.05) is 6.92 Å². The van der Waals surface area contributed by atoms with Crippen LogP contribution in [0.2, 0.25) is 0 Å². The number of guanidine groups is 1. The van der Waals surface area contributed by atoms with E-state index < -0.39 is 0 Å². The Bertz CT molecular complexity index is 718. The van der Waals surface area contributed by atoms with Gasteiger partial charge in [0.25, 0.3) is 0 Å². The number of carbonyl (C=O) groups is 1. The van der Waals surface area contributed by atoms with Gasteiger partial charge in [-0.15, -0.1) is 24.0 Å². The van der Waals surface area contributed by atoms with Crippen LogP contribution in [0, 0.1) is 0 Å². The highest BCUT2D eigenvalue weighted by molar-refractivity contribution is 14.0. The fraction of sp³-hybridized carbons (Fsp3) is 0.800.